The number of nitrogens with zero attached hydrogens (tertiary/aromatic N) is 2. The van der Waals surface area contributed by atoms with Gasteiger partial charge in [0.25, 0.3) is 0 Å². The maximum Gasteiger partial charge on any atom is 0.359 e. The first kappa shape index (κ1) is 21.0. The lowest BCUT2D eigenvalue weighted by atomic mass is 9.95. The Bertz CT molecular complexity index is 1070. The summed E-state index contributed by atoms with van der Waals surface area (Å²) < 4.78 is 6.93. The number of esters is 1. The van der Waals surface area contributed by atoms with Gasteiger partial charge < -0.3 is 4.74 Å². The molecule has 0 atom stereocenters. The Kier molecular flexibility index (Phi) is 6.16. The molecule has 1 saturated carbocycles. The van der Waals surface area contributed by atoms with Crippen LogP contribution in [0.25, 0.3) is 16.9 Å². The number of carbonyl (C=O) groups is 1. The van der Waals surface area contributed by atoms with Crippen molar-refractivity contribution >= 4 is 29.2 Å². The van der Waals surface area contributed by atoms with Crippen molar-refractivity contribution in [2.45, 2.75) is 45.4 Å². The van der Waals surface area contributed by atoms with E-state index in [1.54, 1.807) is 23.7 Å². The topological polar surface area (TPSA) is 44.1 Å². The second kappa shape index (κ2) is 8.83. The average Bonchev–Trinajstić information content (AvgIpc) is 3.37. The fourth-order valence-electron chi connectivity index (χ4n) is 4.23. The molecule has 30 heavy (non-hydrogen) atoms. The molecule has 0 saturated heterocycles. The summed E-state index contributed by atoms with van der Waals surface area (Å²) in [4.78, 5) is 12.5. The predicted molar refractivity (Wildman–Crippen MR) is 121 cm³/mol. The van der Waals surface area contributed by atoms with Crippen molar-refractivity contribution < 1.29 is 9.53 Å². The zero-order chi connectivity index (χ0) is 21.3. The van der Waals surface area contributed by atoms with Crippen LogP contribution in [0.2, 0.25) is 10.0 Å². The molecule has 0 amide bonds. The summed E-state index contributed by atoms with van der Waals surface area (Å²) in [5, 5.41) is 5.58. The maximum atomic E-state index is 12.5. The number of hydrogen-bond donors (Lipinski definition) is 0. The van der Waals surface area contributed by atoms with Gasteiger partial charge in [-0.25, -0.2) is 9.48 Å². The van der Waals surface area contributed by atoms with Gasteiger partial charge in [-0.3, -0.25) is 0 Å². The van der Waals surface area contributed by atoms with Gasteiger partial charge in [-0.1, -0.05) is 60.3 Å². The van der Waals surface area contributed by atoms with E-state index in [0.29, 0.717) is 21.7 Å². The molecule has 1 fully saturated rings. The smallest absolute Gasteiger partial charge is 0.359 e. The van der Waals surface area contributed by atoms with E-state index < -0.39 is 5.97 Å². The molecule has 2 aromatic carbocycles. The van der Waals surface area contributed by atoms with Gasteiger partial charge in [0.1, 0.15) is 0 Å². The summed E-state index contributed by atoms with van der Waals surface area (Å²) in [6, 6.07) is 13.8. The number of rotatable bonds is 5. The maximum absolute atomic E-state index is 12.5. The molecule has 156 valence electrons. The zero-order valence-corrected chi connectivity index (χ0v) is 18.6. The van der Waals surface area contributed by atoms with Gasteiger partial charge in [-0.2, -0.15) is 5.10 Å². The molecule has 6 heteroatoms. The van der Waals surface area contributed by atoms with Gasteiger partial charge in [-0.15, -0.1) is 0 Å². The number of aromatic nitrogens is 2. The van der Waals surface area contributed by atoms with Crippen molar-refractivity contribution in [1.29, 1.82) is 0 Å². The molecular weight excluding hydrogens is 419 g/mol. The van der Waals surface area contributed by atoms with Gasteiger partial charge in [0.05, 0.1) is 23.0 Å². The second-order valence-corrected chi connectivity index (χ2v) is 8.50. The Labute approximate surface area is 186 Å². The SMILES string of the molecule is CCOC(=O)c1nn(-c2ccc(Cl)cc2Cl)c(-c2ccc(C3CCCC3)cc2)c1C. The van der Waals surface area contributed by atoms with Crippen molar-refractivity contribution in [3.63, 3.8) is 0 Å². The van der Waals surface area contributed by atoms with E-state index in [4.69, 9.17) is 27.9 Å². The predicted octanol–water partition coefficient (Wildman–Crippen LogP) is 6.99. The molecule has 1 aliphatic rings. The molecule has 1 aromatic heterocycles. The summed E-state index contributed by atoms with van der Waals surface area (Å²) in [5.41, 5.74) is 4.87. The molecular formula is C24H24Cl2N2O2. The van der Waals surface area contributed by atoms with Crippen molar-refractivity contribution in [3.8, 4) is 16.9 Å². The van der Waals surface area contributed by atoms with Crippen LogP contribution in [0, 0.1) is 6.92 Å². The van der Waals surface area contributed by atoms with Crippen LogP contribution in [0.1, 0.15) is 60.1 Å². The average molecular weight is 443 g/mol. The van der Waals surface area contributed by atoms with E-state index in [2.05, 4.69) is 29.4 Å². The van der Waals surface area contributed by atoms with Crippen LogP contribution in [0.15, 0.2) is 42.5 Å². The Morgan fingerprint density at radius 1 is 1.13 bits per heavy atom. The molecule has 0 N–H and O–H groups in total. The van der Waals surface area contributed by atoms with Crippen molar-refractivity contribution in [3.05, 3.63) is 69.3 Å². The lowest BCUT2D eigenvalue weighted by Crippen LogP contribution is -2.08. The Balaban J connectivity index is 1.83. The molecule has 3 aromatic rings. The highest BCUT2D eigenvalue weighted by Crippen LogP contribution is 2.37. The minimum absolute atomic E-state index is 0.290. The van der Waals surface area contributed by atoms with E-state index in [0.717, 1.165) is 16.8 Å². The van der Waals surface area contributed by atoms with Gasteiger partial charge in [0.2, 0.25) is 0 Å². The van der Waals surface area contributed by atoms with E-state index in [-0.39, 0.29) is 12.3 Å². The molecule has 1 heterocycles. The fourth-order valence-corrected chi connectivity index (χ4v) is 4.72. The quantitative estimate of drug-likeness (QED) is 0.399. The summed E-state index contributed by atoms with van der Waals surface area (Å²) in [6.07, 6.45) is 5.11. The Morgan fingerprint density at radius 3 is 2.47 bits per heavy atom. The molecule has 0 radical (unpaired) electrons. The normalized spacial score (nSPS) is 14.3. The molecule has 4 nitrogen and oxygen atoms in total. The largest absolute Gasteiger partial charge is 0.461 e. The summed E-state index contributed by atoms with van der Waals surface area (Å²) >= 11 is 12.6. The number of benzene rings is 2. The first-order valence-corrected chi connectivity index (χ1v) is 11.1. The van der Waals surface area contributed by atoms with Gasteiger partial charge in [0, 0.05) is 16.1 Å². The van der Waals surface area contributed by atoms with Crippen LogP contribution in [0.5, 0.6) is 0 Å². The third kappa shape index (κ3) is 3.99. The molecule has 4 rings (SSSR count). The van der Waals surface area contributed by atoms with Crippen LogP contribution in [0.4, 0.5) is 0 Å². The van der Waals surface area contributed by atoms with E-state index in [1.165, 1.54) is 31.2 Å². The first-order valence-electron chi connectivity index (χ1n) is 10.3. The summed E-state index contributed by atoms with van der Waals surface area (Å²) in [5.74, 6) is 0.202. The van der Waals surface area contributed by atoms with E-state index >= 15 is 0 Å². The highest BCUT2D eigenvalue weighted by Gasteiger charge is 2.24. The highest BCUT2D eigenvalue weighted by atomic mass is 35.5. The van der Waals surface area contributed by atoms with Crippen molar-refractivity contribution in [1.82, 2.24) is 9.78 Å². The number of ether oxygens (including phenoxy) is 1. The van der Waals surface area contributed by atoms with Gasteiger partial charge in [0.15, 0.2) is 5.69 Å². The number of hydrogen-bond acceptors (Lipinski definition) is 3. The third-order valence-electron chi connectivity index (χ3n) is 5.74. The number of carbonyl (C=O) groups excluding carboxylic acids is 1. The van der Waals surface area contributed by atoms with Gasteiger partial charge in [-0.05, 0) is 56.4 Å². The molecule has 1 aliphatic carbocycles. The van der Waals surface area contributed by atoms with Crippen LogP contribution in [0.3, 0.4) is 0 Å². The second-order valence-electron chi connectivity index (χ2n) is 7.65. The monoisotopic (exact) mass is 442 g/mol. The van der Waals surface area contributed by atoms with Crippen molar-refractivity contribution in [2.24, 2.45) is 0 Å². The third-order valence-corrected chi connectivity index (χ3v) is 6.28. The Morgan fingerprint density at radius 2 is 1.83 bits per heavy atom. The highest BCUT2D eigenvalue weighted by molar-refractivity contribution is 6.35. The van der Waals surface area contributed by atoms with Crippen LogP contribution in [-0.4, -0.2) is 22.4 Å². The molecule has 0 aliphatic heterocycles. The van der Waals surface area contributed by atoms with Gasteiger partial charge >= 0.3 is 5.97 Å². The lowest BCUT2D eigenvalue weighted by molar-refractivity contribution is 0.0518. The molecule has 0 unspecified atom stereocenters. The number of halogens is 2. The summed E-state index contributed by atoms with van der Waals surface area (Å²) in [6.45, 7) is 3.96. The van der Waals surface area contributed by atoms with E-state index in [1.807, 2.05) is 13.0 Å². The molecule has 0 bridgehead atoms. The first-order chi connectivity index (χ1) is 14.5. The van der Waals surface area contributed by atoms with Crippen LogP contribution >= 0.6 is 23.2 Å². The Hall–Kier alpha value is -2.30. The van der Waals surface area contributed by atoms with Crippen molar-refractivity contribution in [2.75, 3.05) is 6.61 Å². The molecule has 0 spiro atoms. The standard InChI is InChI=1S/C24H24Cl2N2O2/c1-3-30-24(29)22-15(2)23(28(27-22)21-13-12-19(25)14-20(21)26)18-10-8-17(9-11-18)16-6-4-5-7-16/h8-14,16H,3-7H2,1-2H3. The minimum atomic E-state index is -0.442. The van der Waals surface area contributed by atoms with E-state index in [9.17, 15) is 4.79 Å². The fraction of sp³-hybridized carbons (Fsp3) is 0.333. The summed E-state index contributed by atoms with van der Waals surface area (Å²) in [7, 11) is 0. The lowest BCUT2D eigenvalue weighted by Gasteiger charge is -2.13. The zero-order valence-electron chi connectivity index (χ0n) is 17.1. The van der Waals surface area contributed by atoms with Crippen LogP contribution in [-0.2, 0) is 4.74 Å². The minimum Gasteiger partial charge on any atom is -0.461 e. The van der Waals surface area contributed by atoms with Crippen LogP contribution < -0.4 is 0 Å².